The van der Waals surface area contributed by atoms with Crippen molar-refractivity contribution in [3.8, 4) is 0 Å². The van der Waals surface area contributed by atoms with E-state index in [1.807, 2.05) is 0 Å². The molecule has 1 N–H and O–H groups in total. The number of hydrogen-bond donors (Lipinski definition) is 1. The number of amides is 2. The molecule has 1 heterocycles. The van der Waals surface area contributed by atoms with Crippen LogP contribution in [0.2, 0.25) is 0 Å². The normalized spacial score (nSPS) is 15.1. The number of nitrogens with zero attached hydrogens (tertiary/aromatic N) is 1. The molecule has 18 heavy (non-hydrogen) atoms. The van der Waals surface area contributed by atoms with Crippen LogP contribution in [0.15, 0.2) is 18.2 Å². The van der Waals surface area contributed by atoms with Crippen molar-refractivity contribution in [2.24, 2.45) is 0 Å². The molecule has 0 spiro atoms. The highest BCUT2D eigenvalue weighted by Gasteiger charge is 2.32. The zero-order valence-electron chi connectivity index (χ0n) is 9.07. The van der Waals surface area contributed by atoms with Crippen LogP contribution in [0.25, 0.3) is 0 Å². The molecule has 4 nitrogen and oxygen atoms in total. The number of carbonyl (C=O) groups is 2. The van der Waals surface area contributed by atoms with Crippen LogP contribution < -0.4 is 5.32 Å². The number of likely N-dealkylation sites (tertiary alicyclic amines) is 1. The van der Waals surface area contributed by atoms with Gasteiger partial charge in [0.2, 0.25) is 11.8 Å². The Morgan fingerprint density at radius 2 is 1.83 bits per heavy atom. The van der Waals surface area contributed by atoms with E-state index in [4.69, 9.17) is 12.2 Å². The third-order valence-corrected chi connectivity index (χ3v) is 2.71. The fourth-order valence-corrected chi connectivity index (χ4v) is 1.88. The van der Waals surface area contributed by atoms with Crippen LogP contribution in [0.5, 0.6) is 0 Å². The van der Waals surface area contributed by atoms with Gasteiger partial charge in [0.1, 0.15) is 11.6 Å². The number of rotatable bonds is 1. The highest BCUT2D eigenvalue weighted by atomic mass is 32.1. The van der Waals surface area contributed by atoms with Gasteiger partial charge in [-0.3, -0.25) is 9.59 Å². The minimum absolute atomic E-state index is 0.0890. The fourth-order valence-electron chi connectivity index (χ4n) is 1.57. The Balaban J connectivity index is 2.16. The Morgan fingerprint density at radius 3 is 2.39 bits per heavy atom. The summed E-state index contributed by atoms with van der Waals surface area (Å²) in [6, 6.07) is 2.86. The number of hydrogen-bond acceptors (Lipinski definition) is 3. The molecule has 1 saturated heterocycles. The Morgan fingerprint density at radius 1 is 1.22 bits per heavy atom. The standard InChI is InChI=1S/C11H8F2N2O2S/c12-6-1-2-8(7(13)5-6)14-11(18)15-9(16)3-4-10(15)17/h1-2,5H,3-4H2,(H,14,18). The molecular formula is C11H8F2N2O2S. The topological polar surface area (TPSA) is 49.4 Å². The van der Waals surface area contributed by atoms with Crippen molar-refractivity contribution in [2.45, 2.75) is 12.8 Å². The van der Waals surface area contributed by atoms with Crippen molar-refractivity contribution in [3.05, 3.63) is 29.8 Å². The van der Waals surface area contributed by atoms with Gasteiger partial charge in [0, 0.05) is 18.9 Å². The van der Waals surface area contributed by atoms with Gasteiger partial charge in [0.15, 0.2) is 5.11 Å². The van der Waals surface area contributed by atoms with Gasteiger partial charge in [-0.15, -0.1) is 0 Å². The van der Waals surface area contributed by atoms with Gasteiger partial charge >= 0.3 is 0 Å². The SMILES string of the molecule is O=C1CCC(=O)N1C(=S)Nc1ccc(F)cc1F. The molecule has 0 atom stereocenters. The molecule has 1 fully saturated rings. The van der Waals surface area contributed by atoms with Gasteiger partial charge in [0.05, 0.1) is 5.69 Å². The molecule has 1 aliphatic rings. The van der Waals surface area contributed by atoms with Crippen molar-refractivity contribution in [1.82, 2.24) is 4.90 Å². The van der Waals surface area contributed by atoms with Crippen LogP contribution in [0.4, 0.5) is 14.5 Å². The van der Waals surface area contributed by atoms with E-state index >= 15 is 0 Å². The summed E-state index contributed by atoms with van der Waals surface area (Å²) in [5, 5.41) is 2.21. The fraction of sp³-hybridized carbons (Fsp3) is 0.182. The predicted octanol–water partition coefficient (Wildman–Crippen LogP) is 1.81. The average molecular weight is 270 g/mol. The van der Waals surface area contributed by atoms with E-state index in [2.05, 4.69) is 5.32 Å². The molecule has 2 rings (SSSR count). The highest BCUT2D eigenvalue weighted by molar-refractivity contribution is 7.80. The van der Waals surface area contributed by atoms with Gasteiger partial charge in [0.25, 0.3) is 0 Å². The molecule has 0 radical (unpaired) electrons. The van der Waals surface area contributed by atoms with Crippen molar-refractivity contribution in [3.63, 3.8) is 0 Å². The number of benzene rings is 1. The molecule has 0 aromatic heterocycles. The molecule has 0 bridgehead atoms. The van der Waals surface area contributed by atoms with Crippen LogP contribution in [-0.2, 0) is 9.59 Å². The second kappa shape index (κ2) is 4.77. The van der Waals surface area contributed by atoms with Crippen molar-refractivity contribution in [1.29, 1.82) is 0 Å². The summed E-state index contributed by atoms with van der Waals surface area (Å²) in [4.78, 5) is 23.5. The molecule has 94 valence electrons. The molecular weight excluding hydrogens is 262 g/mol. The van der Waals surface area contributed by atoms with Gasteiger partial charge < -0.3 is 5.32 Å². The van der Waals surface area contributed by atoms with Crippen LogP contribution in [0, 0.1) is 11.6 Å². The van der Waals surface area contributed by atoms with Gasteiger partial charge in [-0.2, -0.15) is 0 Å². The Hall–Kier alpha value is -1.89. The van der Waals surface area contributed by atoms with E-state index in [0.29, 0.717) is 6.07 Å². The molecule has 1 aliphatic heterocycles. The number of imide groups is 1. The zero-order chi connectivity index (χ0) is 13.3. The third-order valence-electron chi connectivity index (χ3n) is 2.43. The summed E-state index contributed by atoms with van der Waals surface area (Å²) in [5.74, 6) is -2.44. The summed E-state index contributed by atoms with van der Waals surface area (Å²) in [5.41, 5.74) is -0.0890. The molecule has 0 unspecified atom stereocenters. The highest BCUT2D eigenvalue weighted by Crippen LogP contribution is 2.18. The number of nitrogens with one attached hydrogen (secondary N) is 1. The van der Waals surface area contributed by atoms with E-state index in [9.17, 15) is 18.4 Å². The first-order valence-corrected chi connectivity index (χ1v) is 5.51. The number of carbonyl (C=O) groups excluding carboxylic acids is 2. The summed E-state index contributed by atoms with van der Waals surface area (Å²) in [6.07, 6.45) is 0.180. The molecule has 7 heteroatoms. The first-order chi connectivity index (χ1) is 8.49. The Kier molecular flexibility index (Phi) is 3.33. The summed E-state index contributed by atoms with van der Waals surface area (Å²) in [6.45, 7) is 0. The first-order valence-electron chi connectivity index (χ1n) is 5.11. The maximum atomic E-state index is 13.3. The van der Waals surface area contributed by atoms with Crippen LogP contribution in [-0.4, -0.2) is 21.8 Å². The van der Waals surface area contributed by atoms with E-state index in [-0.39, 0.29) is 23.6 Å². The maximum Gasteiger partial charge on any atom is 0.236 e. The lowest BCUT2D eigenvalue weighted by atomic mass is 10.3. The zero-order valence-corrected chi connectivity index (χ0v) is 9.89. The molecule has 1 aromatic rings. The number of thiocarbonyl (C=S) groups is 1. The first kappa shape index (κ1) is 12.6. The lowest BCUT2D eigenvalue weighted by Gasteiger charge is -2.16. The molecule has 1 aromatic carbocycles. The lowest BCUT2D eigenvalue weighted by Crippen LogP contribution is -2.38. The van der Waals surface area contributed by atoms with Gasteiger partial charge in [-0.05, 0) is 24.4 Å². The summed E-state index contributed by atoms with van der Waals surface area (Å²) >= 11 is 4.86. The second-order valence-electron chi connectivity index (χ2n) is 3.68. The Bertz CT molecular complexity index is 532. The Labute approximate surface area is 107 Å². The summed E-state index contributed by atoms with van der Waals surface area (Å²) in [7, 11) is 0. The largest absolute Gasteiger partial charge is 0.329 e. The molecule has 0 saturated carbocycles. The monoisotopic (exact) mass is 270 g/mol. The lowest BCUT2D eigenvalue weighted by molar-refractivity contribution is -0.133. The van der Waals surface area contributed by atoms with E-state index in [1.165, 1.54) is 0 Å². The van der Waals surface area contributed by atoms with Gasteiger partial charge in [-0.1, -0.05) is 0 Å². The maximum absolute atomic E-state index is 13.3. The smallest absolute Gasteiger partial charge is 0.236 e. The summed E-state index contributed by atoms with van der Waals surface area (Å²) < 4.78 is 26.0. The van der Waals surface area contributed by atoms with Gasteiger partial charge in [-0.25, -0.2) is 13.7 Å². The van der Waals surface area contributed by atoms with Crippen LogP contribution >= 0.6 is 12.2 Å². The van der Waals surface area contributed by atoms with Crippen molar-refractivity contribution >= 4 is 34.8 Å². The predicted molar refractivity (Wildman–Crippen MR) is 63.7 cm³/mol. The van der Waals surface area contributed by atoms with Crippen molar-refractivity contribution < 1.29 is 18.4 Å². The molecule has 0 aliphatic carbocycles. The third kappa shape index (κ3) is 2.35. The number of halogens is 2. The average Bonchev–Trinajstić information content (AvgIpc) is 2.62. The van der Waals surface area contributed by atoms with E-state index in [0.717, 1.165) is 17.0 Å². The molecule has 2 amide bonds. The van der Waals surface area contributed by atoms with E-state index < -0.39 is 23.4 Å². The second-order valence-corrected chi connectivity index (χ2v) is 4.06. The minimum Gasteiger partial charge on any atom is -0.329 e. The quantitative estimate of drug-likeness (QED) is 0.624. The van der Waals surface area contributed by atoms with Crippen LogP contribution in [0.3, 0.4) is 0 Å². The minimum atomic E-state index is -0.851. The van der Waals surface area contributed by atoms with E-state index in [1.54, 1.807) is 0 Å². The number of anilines is 1. The van der Waals surface area contributed by atoms with Crippen molar-refractivity contribution in [2.75, 3.05) is 5.32 Å². The van der Waals surface area contributed by atoms with Crippen LogP contribution in [0.1, 0.15) is 12.8 Å².